The van der Waals surface area contributed by atoms with Crippen LogP contribution < -0.4 is 21.3 Å². The Kier molecular flexibility index (Phi) is 6.84. The molecule has 0 radical (unpaired) electrons. The third-order valence-corrected chi connectivity index (χ3v) is 5.20. The average molecular weight is 403 g/mol. The fraction of sp³-hybridized carbons (Fsp3) is 0.364. The number of anilines is 2. The van der Waals surface area contributed by atoms with E-state index in [1.807, 2.05) is 25.1 Å². The maximum Gasteiger partial charge on any atom is 0.244 e. The maximum atomic E-state index is 12.2. The summed E-state index contributed by atoms with van der Waals surface area (Å²) in [5.74, 6) is 0.235. The number of nitriles is 2. The molecule has 1 saturated heterocycles. The van der Waals surface area contributed by atoms with Gasteiger partial charge in [-0.15, -0.1) is 0 Å². The highest BCUT2D eigenvalue weighted by atomic mass is 16.1. The van der Waals surface area contributed by atoms with Gasteiger partial charge in [-0.2, -0.15) is 10.5 Å². The van der Waals surface area contributed by atoms with E-state index in [0.717, 1.165) is 26.1 Å². The predicted octanol–water partition coefficient (Wildman–Crippen LogP) is 1.83. The summed E-state index contributed by atoms with van der Waals surface area (Å²) >= 11 is 0. The van der Waals surface area contributed by atoms with Crippen LogP contribution in [0.4, 0.5) is 11.6 Å². The van der Waals surface area contributed by atoms with E-state index in [1.54, 1.807) is 12.1 Å². The van der Waals surface area contributed by atoms with Gasteiger partial charge in [0.1, 0.15) is 29.8 Å². The first kappa shape index (κ1) is 21.1. The third-order valence-electron chi connectivity index (χ3n) is 5.20. The number of carbonyl (C=O) groups excluding carboxylic acids is 1. The van der Waals surface area contributed by atoms with Crippen molar-refractivity contribution >= 4 is 17.5 Å². The van der Waals surface area contributed by atoms with Crippen molar-refractivity contribution in [3.05, 3.63) is 52.6 Å². The molecule has 8 nitrogen and oxygen atoms in total. The summed E-state index contributed by atoms with van der Waals surface area (Å²) in [5.41, 5.74) is 7.64. The van der Waals surface area contributed by atoms with Crippen LogP contribution in [0.5, 0.6) is 0 Å². The van der Waals surface area contributed by atoms with Crippen molar-refractivity contribution in [2.45, 2.75) is 25.8 Å². The minimum absolute atomic E-state index is 0.271. The topological polar surface area (TPSA) is 131 Å². The molecule has 154 valence electrons. The van der Waals surface area contributed by atoms with Gasteiger partial charge in [0, 0.05) is 19.6 Å². The van der Waals surface area contributed by atoms with Crippen molar-refractivity contribution in [1.82, 2.24) is 10.3 Å². The van der Waals surface area contributed by atoms with E-state index in [2.05, 4.69) is 32.7 Å². The number of nitrogens with one attached hydrogen (secondary N) is 2. The van der Waals surface area contributed by atoms with Crippen LogP contribution in [-0.2, 0) is 11.2 Å². The average Bonchev–Trinajstić information content (AvgIpc) is 3.06. The van der Waals surface area contributed by atoms with Crippen molar-refractivity contribution in [2.75, 3.05) is 36.4 Å². The molecule has 1 aromatic carbocycles. The molecule has 30 heavy (non-hydrogen) atoms. The van der Waals surface area contributed by atoms with E-state index in [1.165, 1.54) is 0 Å². The van der Waals surface area contributed by atoms with Crippen LogP contribution >= 0.6 is 0 Å². The van der Waals surface area contributed by atoms with Gasteiger partial charge in [0.15, 0.2) is 0 Å². The van der Waals surface area contributed by atoms with E-state index >= 15 is 0 Å². The van der Waals surface area contributed by atoms with E-state index in [9.17, 15) is 15.3 Å². The van der Waals surface area contributed by atoms with Crippen molar-refractivity contribution in [3.8, 4) is 12.1 Å². The minimum atomic E-state index is -0.845. The number of nitrogens with zero attached hydrogens (tertiary/aromatic N) is 4. The Labute approximate surface area is 176 Å². The van der Waals surface area contributed by atoms with Crippen LogP contribution in [-0.4, -0.2) is 37.1 Å². The molecule has 3 rings (SSSR count). The molecule has 0 saturated carbocycles. The van der Waals surface area contributed by atoms with Crippen LogP contribution in [0, 0.1) is 22.7 Å². The van der Waals surface area contributed by atoms with Crippen LogP contribution in [0.15, 0.2) is 30.3 Å². The van der Waals surface area contributed by atoms with Crippen molar-refractivity contribution in [3.63, 3.8) is 0 Å². The third kappa shape index (κ3) is 4.35. The molecule has 1 aliphatic heterocycles. The minimum Gasteiger partial charge on any atom is -0.368 e. The zero-order chi connectivity index (χ0) is 21.5. The second-order valence-electron chi connectivity index (χ2n) is 7.07. The van der Waals surface area contributed by atoms with E-state index in [-0.39, 0.29) is 11.4 Å². The highest BCUT2D eigenvalue weighted by molar-refractivity contribution is 5.85. The lowest BCUT2D eigenvalue weighted by Gasteiger charge is -2.26. The smallest absolute Gasteiger partial charge is 0.244 e. The summed E-state index contributed by atoms with van der Waals surface area (Å²) in [7, 11) is 0. The SMILES string of the molecule is CCc1c(C#N)c(NC(C(N)=O)c2ccccc2)nc(N2CCCNCC2)c1C#N. The lowest BCUT2D eigenvalue weighted by Crippen LogP contribution is -2.31. The number of carbonyl (C=O) groups is 1. The fourth-order valence-corrected chi connectivity index (χ4v) is 3.70. The first-order chi connectivity index (χ1) is 14.6. The summed E-state index contributed by atoms with van der Waals surface area (Å²) in [5, 5.41) is 26.1. The molecule has 1 fully saturated rings. The number of pyridine rings is 1. The van der Waals surface area contributed by atoms with Gasteiger partial charge in [0.05, 0.1) is 11.1 Å². The van der Waals surface area contributed by atoms with Crippen molar-refractivity contribution in [1.29, 1.82) is 10.5 Å². The van der Waals surface area contributed by atoms with Gasteiger partial charge in [-0.1, -0.05) is 37.3 Å². The first-order valence-electron chi connectivity index (χ1n) is 10.0. The van der Waals surface area contributed by atoms with Crippen molar-refractivity contribution < 1.29 is 4.79 Å². The number of hydrogen-bond acceptors (Lipinski definition) is 7. The lowest BCUT2D eigenvalue weighted by atomic mass is 9.99. The van der Waals surface area contributed by atoms with Crippen molar-refractivity contribution in [2.24, 2.45) is 5.73 Å². The number of benzene rings is 1. The van der Waals surface area contributed by atoms with Crippen LogP contribution in [0.25, 0.3) is 0 Å². The number of primary amides is 1. The Balaban J connectivity index is 2.13. The van der Waals surface area contributed by atoms with Gasteiger partial charge in [-0.05, 0) is 30.5 Å². The summed E-state index contributed by atoms with van der Waals surface area (Å²) < 4.78 is 0. The summed E-state index contributed by atoms with van der Waals surface area (Å²) in [6.45, 7) is 5.04. The van der Waals surface area contributed by atoms with Crippen LogP contribution in [0.2, 0.25) is 0 Å². The largest absolute Gasteiger partial charge is 0.368 e. The van der Waals surface area contributed by atoms with Gasteiger partial charge < -0.3 is 21.3 Å². The molecular weight excluding hydrogens is 378 g/mol. The summed E-state index contributed by atoms with van der Waals surface area (Å²) in [6.07, 6.45) is 1.42. The van der Waals surface area contributed by atoms with Gasteiger partial charge in [-0.3, -0.25) is 4.79 Å². The number of nitrogens with two attached hydrogens (primary N) is 1. The standard InChI is InChI=1S/C22H25N7O/c1-2-16-17(13-23)21(27-19(20(25)30)15-7-4-3-5-8-15)28-22(18(16)14-24)29-11-6-9-26-10-12-29/h3-5,7-8,19,26H,2,6,9-12H2,1H3,(H2,25,30)(H,27,28). The van der Waals surface area contributed by atoms with Crippen LogP contribution in [0.3, 0.4) is 0 Å². The summed E-state index contributed by atoms with van der Waals surface area (Å²) in [6, 6.07) is 12.6. The Hall–Kier alpha value is -3.62. The molecule has 2 aromatic rings. The van der Waals surface area contributed by atoms with Gasteiger partial charge in [0.25, 0.3) is 0 Å². The zero-order valence-electron chi connectivity index (χ0n) is 17.0. The van der Waals surface area contributed by atoms with Gasteiger partial charge in [0.2, 0.25) is 5.91 Å². The highest BCUT2D eigenvalue weighted by Gasteiger charge is 2.26. The fourth-order valence-electron chi connectivity index (χ4n) is 3.70. The lowest BCUT2D eigenvalue weighted by molar-refractivity contribution is -0.118. The van der Waals surface area contributed by atoms with E-state index < -0.39 is 11.9 Å². The number of amides is 1. The quantitative estimate of drug-likeness (QED) is 0.670. The molecule has 4 N–H and O–H groups in total. The Morgan fingerprint density at radius 3 is 2.60 bits per heavy atom. The predicted molar refractivity (Wildman–Crippen MR) is 115 cm³/mol. The van der Waals surface area contributed by atoms with E-state index in [4.69, 9.17) is 5.73 Å². The molecule has 2 heterocycles. The number of hydrogen-bond donors (Lipinski definition) is 3. The second kappa shape index (κ2) is 9.73. The Bertz CT molecular complexity index is 983. The maximum absolute atomic E-state index is 12.2. The number of aromatic nitrogens is 1. The van der Waals surface area contributed by atoms with Gasteiger partial charge >= 0.3 is 0 Å². The molecule has 0 spiro atoms. The second-order valence-corrected chi connectivity index (χ2v) is 7.07. The molecule has 1 atom stereocenters. The Morgan fingerprint density at radius 1 is 1.23 bits per heavy atom. The monoisotopic (exact) mass is 403 g/mol. The molecule has 1 aromatic heterocycles. The van der Waals surface area contributed by atoms with Gasteiger partial charge in [-0.25, -0.2) is 4.98 Å². The molecule has 8 heteroatoms. The van der Waals surface area contributed by atoms with E-state index in [0.29, 0.717) is 35.5 Å². The summed E-state index contributed by atoms with van der Waals surface area (Å²) in [4.78, 5) is 18.9. The normalized spacial score (nSPS) is 14.8. The molecular formula is C22H25N7O. The Morgan fingerprint density at radius 2 is 1.97 bits per heavy atom. The first-order valence-corrected chi connectivity index (χ1v) is 10.0. The molecule has 0 bridgehead atoms. The molecule has 1 unspecified atom stereocenters. The highest BCUT2D eigenvalue weighted by Crippen LogP contribution is 2.31. The zero-order valence-corrected chi connectivity index (χ0v) is 17.0. The number of rotatable bonds is 6. The van der Waals surface area contributed by atoms with Crippen LogP contribution in [0.1, 0.15) is 41.6 Å². The molecule has 1 amide bonds. The molecule has 1 aliphatic rings. The molecule has 0 aliphatic carbocycles.